The summed E-state index contributed by atoms with van der Waals surface area (Å²) in [5.74, 6) is 0.0463. The molecule has 5 heteroatoms. The second-order valence-electron chi connectivity index (χ2n) is 5.86. The van der Waals surface area contributed by atoms with Gasteiger partial charge in [0.2, 0.25) is 5.91 Å². The molecule has 1 aliphatic rings. The number of aliphatic hydroxyl groups is 1. The first kappa shape index (κ1) is 15.6. The molecule has 1 heterocycles. The predicted octanol–water partition coefficient (Wildman–Crippen LogP) is 2.36. The molecule has 0 fully saturated rings. The molecule has 5 N–H and O–H groups in total. The van der Waals surface area contributed by atoms with Gasteiger partial charge >= 0.3 is 0 Å². The molecule has 0 atom stereocenters. The highest BCUT2D eigenvalue weighted by atomic mass is 16.3. The van der Waals surface area contributed by atoms with E-state index in [-0.39, 0.29) is 17.9 Å². The van der Waals surface area contributed by atoms with Crippen molar-refractivity contribution in [1.82, 2.24) is 0 Å². The molecular formula is C16H25N3O2. The molecule has 116 valence electrons. The third-order valence-corrected chi connectivity index (χ3v) is 4.66. The summed E-state index contributed by atoms with van der Waals surface area (Å²) in [6.07, 6.45) is 3.04. The molecule has 0 aliphatic carbocycles. The Hall–Kier alpha value is -1.75. The second kappa shape index (κ2) is 6.35. The Morgan fingerprint density at radius 2 is 2.05 bits per heavy atom. The Morgan fingerprint density at radius 3 is 2.67 bits per heavy atom. The van der Waals surface area contributed by atoms with Crippen molar-refractivity contribution in [1.29, 1.82) is 0 Å². The smallest absolute Gasteiger partial charge is 0.224 e. The van der Waals surface area contributed by atoms with Crippen molar-refractivity contribution >= 4 is 23.0 Å². The first-order valence-corrected chi connectivity index (χ1v) is 7.60. The number of hydrogen-bond acceptors (Lipinski definition) is 4. The van der Waals surface area contributed by atoms with Crippen LogP contribution in [-0.4, -0.2) is 24.2 Å². The van der Waals surface area contributed by atoms with Gasteiger partial charge in [-0.05, 0) is 37.0 Å². The predicted molar refractivity (Wildman–Crippen MR) is 86.4 cm³/mol. The molecule has 0 saturated heterocycles. The van der Waals surface area contributed by atoms with E-state index in [9.17, 15) is 9.90 Å². The summed E-state index contributed by atoms with van der Waals surface area (Å²) in [5.41, 5.74) is 9.38. The third kappa shape index (κ3) is 3.29. The Morgan fingerprint density at radius 1 is 1.33 bits per heavy atom. The minimum atomic E-state index is -0.133. The van der Waals surface area contributed by atoms with Gasteiger partial charge in [0.25, 0.3) is 0 Å². The van der Waals surface area contributed by atoms with Crippen molar-refractivity contribution in [2.75, 3.05) is 29.5 Å². The quantitative estimate of drug-likeness (QED) is 0.606. The standard InChI is InChI=1S/C16H25N3O2/c1-3-16(4-2,10-20)9-18-14-8-13-11(7-12(14)17)5-6-15(21)19-13/h7-8,18,20H,3-6,9-10,17H2,1-2H3,(H,19,21). The molecule has 1 amide bonds. The summed E-state index contributed by atoms with van der Waals surface area (Å²) in [7, 11) is 0. The van der Waals surface area contributed by atoms with E-state index in [2.05, 4.69) is 24.5 Å². The summed E-state index contributed by atoms with van der Waals surface area (Å²) in [6.45, 7) is 4.97. The van der Waals surface area contributed by atoms with E-state index in [1.165, 1.54) is 0 Å². The van der Waals surface area contributed by atoms with Crippen LogP contribution in [-0.2, 0) is 11.2 Å². The Balaban J connectivity index is 2.17. The largest absolute Gasteiger partial charge is 0.397 e. The molecular weight excluding hydrogens is 266 g/mol. The van der Waals surface area contributed by atoms with Crippen LogP contribution in [0, 0.1) is 5.41 Å². The highest BCUT2D eigenvalue weighted by Gasteiger charge is 2.25. The van der Waals surface area contributed by atoms with Gasteiger partial charge in [-0.1, -0.05) is 13.8 Å². The van der Waals surface area contributed by atoms with Crippen LogP contribution in [0.3, 0.4) is 0 Å². The number of aryl methyl sites for hydroxylation is 1. The van der Waals surface area contributed by atoms with Gasteiger partial charge in [-0.2, -0.15) is 0 Å². The molecule has 0 radical (unpaired) electrons. The fourth-order valence-electron chi connectivity index (χ4n) is 2.66. The minimum absolute atomic E-state index is 0.0463. The topological polar surface area (TPSA) is 87.4 Å². The number of fused-ring (bicyclic) bond motifs is 1. The van der Waals surface area contributed by atoms with Crippen LogP contribution >= 0.6 is 0 Å². The maximum atomic E-state index is 11.5. The number of amides is 1. The van der Waals surface area contributed by atoms with Crippen LogP contribution in [0.25, 0.3) is 0 Å². The molecule has 1 aromatic carbocycles. The first-order valence-electron chi connectivity index (χ1n) is 7.60. The molecule has 21 heavy (non-hydrogen) atoms. The lowest BCUT2D eigenvalue weighted by molar-refractivity contribution is -0.116. The summed E-state index contributed by atoms with van der Waals surface area (Å²) in [5, 5.41) is 15.8. The number of hydrogen-bond donors (Lipinski definition) is 4. The van der Waals surface area contributed by atoms with Crippen molar-refractivity contribution in [3.8, 4) is 0 Å². The number of carbonyl (C=O) groups excluding carboxylic acids is 1. The maximum Gasteiger partial charge on any atom is 0.224 e. The van der Waals surface area contributed by atoms with Gasteiger partial charge in [0, 0.05) is 24.1 Å². The lowest BCUT2D eigenvalue weighted by Crippen LogP contribution is -2.32. The van der Waals surface area contributed by atoms with Crippen LogP contribution in [0.15, 0.2) is 12.1 Å². The molecule has 0 bridgehead atoms. The fraction of sp³-hybridized carbons (Fsp3) is 0.562. The van der Waals surface area contributed by atoms with Gasteiger partial charge in [0.15, 0.2) is 0 Å². The van der Waals surface area contributed by atoms with Crippen molar-refractivity contribution in [2.24, 2.45) is 5.41 Å². The van der Waals surface area contributed by atoms with Crippen LogP contribution in [0.1, 0.15) is 38.7 Å². The molecule has 1 aromatic rings. The second-order valence-corrected chi connectivity index (χ2v) is 5.86. The van der Waals surface area contributed by atoms with E-state index in [1.54, 1.807) is 0 Å². The van der Waals surface area contributed by atoms with E-state index in [1.807, 2.05) is 12.1 Å². The average Bonchev–Trinajstić information content (AvgIpc) is 2.50. The lowest BCUT2D eigenvalue weighted by atomic mass is 9.83. The van der Waals surface area contributed by atoms with Crippen LogP contribution in [0.4, 0.5) is 17.1 Å². The van der Waals surface area contributed by atoms with Gasteiger partial charge in [0.05, 0.1) is 18.0 Å². The molecule has 0 unspecified atom stereocenters. The van der Waals surface area contributed by atoms with E-state index in [4.69, 9.17) is 5.73 Å². The van der Waals surface area contributed by atoms with Gasteiger partial charge in [0.1, 0.15) is 0 Å². The van der Waals surface area contributed by atoms with E-state index in [0.29, 0.717) is 18.7 Å². The number of benzene rings is 1. The Kier molecular flexibility index (Phi) is 4.73. The SMILES string of the molecule is CCC(CC)(CO)CNc1cc2c(cc1N)CCC(=O)N2. The number of aliphatic hydroxyl groups excluding tert-OH is 1. The normalized spacial score (nSPS) is 14.5. The monoisotopic (exact) mass is 291 g/mol. The molecule has 5 nitrogen and oxygen atoms in total. The summed E-state index contributed by atoms with van der Waals surface area (Å²) < 4.78 is 0. The number of carbonyl (C=O) groups is 1. The zero-order chi connectivity index (χ0) is 15.5. The van der Waals surface area contributed by atoms with Gasteiger partial charge in [-0.15, -0.1) is 0 Å². The molecule has 2 rings (SSSR count). The van der Waals surface area contributed by atoms with Crippen molar-refractivity contribution in [2.45, 2.75) is 39.5 Å². The Labute approximate surface area is 125 Å². The van der Waals surface area contributed by atoms with Crippen LogP contribution in [0.2, 0.25) is 0 Å². The van der Waals surface area contributed by atoms with E-state index >= 15 is 0 Å². The van der Waals surface area contributed by atoms with Gasteiger partial charge < -0.3 is 21.5 Å². The number of rotatable bonds is 6. The molecule has 1 aliphatic heterocycles. The lowest BCUT2D eigenvalue weighted by Gasteiger charge is -2.30. The van der Waals surface area contributed by atoms with E-state index < -0.39 is 0 Å². The Bertz CT molecular complexity index is 516. The summed E-state index contributed by atoms with van der Waals surface area (Å²) in [6, 6.07) is 3.82. The molecule has 0 saturated carbocycles. The fourth-order valence-corrected chi connectivity index (χ4v) is 2.66. The summed E-state index contributed by atoms with van der Waals surface area (Å²) in [4.78, 5) is 11.5. The highest BCUT2D eigenvalue weighted by molar-refractivity contribution is 5.95. The maximum absolute atomic E-state index is 11.5. The molecule has 0 spiro atoms. The average molecular weight is 291 g/mol. The van der Waals surface area contributed by atoms with Crippen LogP contribution < -0.4 is 16.4 Å². The zero-order valence-electron chi connectivity index (χ0n) is 12.8. The number of nitrogen functional groups attached to an aromatic ring is 1. The highest BCUT2D eigenvalue weighted by Crippen LogP contribution is 2.33. The zero-order valence-corrected chi connectivity index (χ0v) is 12.8. The summed E-state index contributed by atoms with van der Waals surface area (Å²) >= 11 is 0. The van der Waals surface area contributed by atoms with Gasteiger partial charge in [-0.3, -0.25) is 4.79 Å². The van der Waals surface area contributed by atoms with Crippen molar-refractivity contribution < 1.29 is 9.90 Å². The van der Waals surface area contributed by atoms with Crippen LogP contribution in [0.5, 0.6) is 0 Å². The third-order valence-electron chi connectivity index (χ3n) is 4.66. The van der Waals surface area contributed by atoms with Crippen molar-refractivity contribution in [3.63, 3.8) is 0 Å². The first-order chi connectivity index (χ1) is 10.0. The molecule has 0 aromatic heterocycles. The van der Waals surface area contributed by atoms with Crippen molar-refractivity contribution in [3.05, 3.63) is 17.7 Å². The number of nitrogens with one attached hydrogen (secondary N) is 2. The van der Waals surface area contributed by atoms with Gasteiger partial charge in [-0.25, -0.2) is 0 Å². The number of nitrogens with two attached hydrogens (primary N) is 1. The minimum Gasteiger partial charge on any atom is -0.397 e. The van der Waals surface area contributed by atoms with E-state index in [0.717, 1.165) is 36.2 Å². The number of anilines is 3.